The molecule has 3 aromatic heterocycles. The number of alkyl carbamates (subject to hydrolysis) is 2. The predicted molar refractivity (Wildman–Crippen MR) is 246 cm³/mol. The summed E-state index contributed by atoms with van der Waals surface area (Å²) in [7, 11) is 2.59. The quantitative estimate of drug-likeness (QED) is 0.0991. The highest BCUT2D eigenvalue weighted by Gasteiger charge is 2.52. The molecule has 15 heteroatoms. The summed E-state index contributed by atoms with van der Waals surface area (Å²) in [5.41, 5.74) is 6.50. The average molecular weight is 890 g/mol. The number of carbonyl (C=O) groups excluding carboxylic acids is 4. The number of carbonyl (C=O) groups is 4. The third-order valence-corrected chi connectivity index (χ3v) is 14.9. The van der Waals surface area contributed by atoms with Gasteiger partial charge in [0.2, 0.25) is 0 Å². The number of fused-ring (bicyclic) bond motifs is 4. The Balaban J connectivity index is 0.809. The molecule has 5 fully saturated rings. The number of likely N-dealkylation sites (tertiary alicyclic amines) is 2. The van der Waals surface area contributed by atoms with Crippen LogP contribution < -0.4 is 10.6 Å². The summed E-state index contributed by atoms with van der Waals surface area (Å²) in [4.78, 5) is 78.6. The Morgan fingerprint density at radius 2 is 1.18 bits per heavy atom. The number of benzene rings is 3. The van der Waals surface area contributed by atoms with Crippen LogP contribution in [0.1, 0.15) is 123 Å². The molecular weight excluding hydrogens is 835 g/mol. The minimum Gasteiger partial charge on any atom is -0.453 e. The first-order chi connectivity index (χ1) is 32.2. The molecule has 3 aliphatic carbocycles. The van der Waals surface area contributed by atoms with Crippen molar-refractivity contribution in [1.82, 2.24) is 45.4 Å². The second-order valence-electron chi connectivity index (χ2n) is 18.4. The van der Waals surface area contributed by atoms with E-state index in [1.165, 1.54) is 14.2 Å². The zero-order valence-electron chi connectivity index (χ0n) is 37.3. The van der Waals surface area contributed by atoms with Crippen molar-refractivity contribution < 1.29 is 28.7 Å². The van der Waals surface area contributed by atoms with Crippen LogP contribution >= 0.6 is 0 Å². The normalized spacial score (nSPS) is 23.4. The molecule has 0 radical (unpaired) electrons. The number of hydrogen-bond acceptors (Lipinski definition) is 9. The first-order valence-corrected chi connectivity index (χ1v) is 23.1. The number of nitrogens with one attached hydrogen (secondary N) is 4. The molecule has 0 spiro atoms. The molecule has 3 saturated carbocycles. The van der Waals surface area contributed by atoms with Gasteiger partial charge in [0, 0.05) is 52.5 Å². The van der Waals surface area contributed by atoms with Crippen LogP contribution in [-0.4, -0.2) is 86.0 Å². The molecule has 4 unspecified atom stereocenters. The minimum absolute atomic E-state index is 0.000497. The van der Waals surface area contributed by atoms with E-state index in [-0.39, 0.29) is 34.7 Å². The Hall–Kier alpha value is -7.03. The standard InChI is InChI=1S/C51H55N9O6/c1-65-48(63)57-42(32-11-5-3-6-12-32)46(61)59-27-9-15-38(59)44-52-30-37(55-44)35-17-19-36-34(29-35)18-20-40(54-36)50-21-24-51(25-22-50,26-23-50)41-31-53-45(56-41)39-16-10-28-60(39)47(62)43(58-49(64)66-2)33-13-7-4-8-14-33/h3-8,11-14,17-20,29-31,38-39,42-43H,9-10,15-16,21-28H2,1-2H3,(H,52,55)(H,53,56)(H,57,63)(H,58,64). The Kier molecular flexibility index (Phi) is 11.5. The molecule has 4 atom stereocenters. The largest absolute Gasteiger partial charge is 0.453 e. The fourth-order valence-electron chi connectivity index (χ4n) is 11.2. The SMILES string of the molecule is COC(=O)NC(C(=O)N1CCCC1c1ncc(-c2ccc3nc(C45CCC(c6cnc(C7CCCN7C(=O)C(NC(=O)OC)c7ccccc7)[nH]6)(CC4)CC5)ccc3c2)[nH]1)c1ccccc1. The van der Waals surface area contributed by atoms with E-state index in [4.69, 9.17) is 24.4 Å². The Bertz CT molecular complexity index is 2730. The highest BCUT2D eigenvalue weighted by Crippen LogP contribution is 2.58. The molecule has 15 nitrogen and oxygen atoms in total. The van der Waals surface area contributed by atoms with Crippen molar-refractivity contribution >= 4 is 34.9 Å². The van der Waals surface area contributed by atoms with Crippen LogP contribution in [0.25, 0.3) is 22.2 Å². The lowest BCUT2D eigenvalue weighted by Gasteiger charge is -2.53. The minimum atomic E-state index is -0.881. The van der Waals surface area contributed by atoms with Crippen LogP contribution in [0.15, 0.2) is 103 Å². The van der Waals surface area contributed by atoms with Crippen LogP contribution in [0.2, 0.25) is 0 Å². The second-order valence-corrected chi connectivity index (χ2v) is 18.4. The number of amides is 4. The number of pyridine rings is 1. The van der Waals surface area contributed by atoms with E-state index in [9.17, 15) is 19.2 Å². The second kappa shape index (κ2) is 17.7. The van der Waals surface area contributed by atoms with E-state index < -0.39 is 24.3 Å². The first kappa shape index (κ1) is 42.9. The number of ether oxygens (including phenoxy) is 2. The molecule has 2 aliphatic heterocycles. The van der Waals surface area contributed by atoms with Gasteiger partial charge in [-0.3, -0.25) is 14.6 Å². The van der Waals surface area contributed by atoms with Crippen molar-refractivity contribution in [2.45, 2.75) is 99.2 Å². The van der Waals surface area contributed by atoms with Gasteiger partial charge in [-0.25, -0.2) is 19.6 Å². The van der Waals surface area contributed by atoms with Gasteiger partial charge in [-0.05, 0) is 93.5 Å². The number of nitrogens with zero attached hydrogens (tertiary/aromatic N) is 5. The Morgan fingerprint density at radius 1 is 0.652 bits per heavy atom. The fraction of sp³-hybridized carbons (Fsp3) is 0.392. The monoisotopic (exact) mass is 889 g/mol. The van der Waals surface area contributed by atoms with Crippen LogP contribution in [0, 0.1) is 0 Å². The van der Waals surface area contributed by atoms with Crippen molar-refractivity contribution in [3.05, 3.63) is 138 Å². The molecule has 3 aromatic carbocycles. The van der Waals surface area contributed by atoms with Gasteiger partial charge in [-0.15, -0.1) is 0 Å². The Labute approximate surface area is 383 Å². The van der Waals surface area contributed by atoms with Crippen molar-refractivity contribution in [3.8, 4) is 11.3 Å². The number of aromatic amines is 2. The average Bonchev–Trinajstić information content (AvgIpc) is 4.23. The fourth-order valence-corrected chi connectivity index (χ4v) is 11.2. The number of H-pyrrole nitrogens is 2. The maximum absolute atomic E-state index is 14.1. The third-order valence-electron chi connectivity index (χ3n) is 14.9. The molecule has 6 aromatic rings. The molecule has 5 heterocycles. The molecular formula is C51H55N9O6. The molecule has 340 valence electrons. The van der Waals surface area contributed by atoms with Gasteiger partial charge in [-0.2, -0.15) is 0 Å². The van der Waals surface area contributed by atoms with E-state index in [2.05, 4.69) is 50.9 Å². The summed E-state index contributed by atoms with van der Waals surface area (Å²) < 4.78 is 9.74. The highest BCUT2D eigenvalue weighted by atomic mass is 16.5. The van der Waals surface area contributed by atoms with E-state index >= 15 is 0 Å². The predicted octanol–water partition coefficient (Wildman–Crippen LogP) is 8.41. The number of aromatic nitrogens is 5. The van der Waals surface area contributed by atoms with Gasteiger partial charge in [0.15, 0.2) is 0 Å². The molecule has 2 bridgehead atoms. The topological polar surface area (TPSA) is 188 Å². The van der Waals surface area contributed by atoms with Crippen LogP contribution in [0.5, 0.6) is 0 Å². The molecule has 5 aliphatic rings. The maximum Gasteiger partial charge on any atom is 0.407 e. The van der Waals surface area contributed by atoms with Crippen molar-refractivity contribution in [2.75, 3.05) is 27.3 Å². The summed E-state index contributed by atoms with van der Waals surface area (Å²) in [5.74, 6) is 1.13. The molecule has 2 saturated heterocycles. The summed E-state index contributed by atoms with van der Waals surface area (Å²) in [6, 6.07) is 27.0. The molecule has 66 heavy (non-hydrogen) atoms. The summed E-state index contributed by atoms with van der Waals surface area (Å²) in [6.07, 6.45) is 11.9. The van der Waals surface area contributed by atoms with E-state index in [0.717, 1.165) is 104 Å². The lowest BCUT2D eigenvalue weighted by atomic mass is 9.52. The van der Waals surface area contributed by atoms with Crippen LogP contribution in [0.3, 0.4) is 0 Å². The maximum atomic E-state index is 14.1. The van der Waals surface area contributed by atoms with Crippen LogP contribution in [0.4, 0.5) is 9.59 Å². The van der Waals surface area contributed by atoms with Gasteiger partial charge in [0.05, 0.1) is 43.7 Å². The van der Waals surface area contributed by atoms with Gasteiger partial charge >= 0.3 is 12.2 Å². The van der Waals surface area contributed by atoms with E-state index in [0.29, 0.717) is 30.0 Å². The zero-order chi connectivity index (χ0) is 45.4. The van der Waals surface area contributed by atoms with Crippen molar-refractivity contribution in [3.63, 3.8) is 0 Å². The van der Waals surface area contributed by atoms with Gasteiger partial charge in [0.1, 0.15) is 23.7 Å². The van der Waals surface area contributed by atoms with Crippen LogP contribution in [-0.2, 0) is 29.9 Å². The van der Waals surface area contributed by atoms with Gasteiger partial charge in [-0.1, -0.05) is 72.8 Å². The highest BCUT2D eigenvalue weighted by molar-refractivity contribution is 5.88. The van der Waals surface area contributed by atoms with Gasteiger partial charge < -0.3 is 39.9 Å². The summed E-state index contributed by atoms with van der Waals surface area (Å²) in [5, 5.41) is 6.53. The molecule has 4 N–H and O–H groups in total. The lowest BCUT2D eigenvalue weighted by molar-refractivity contribution is -0.135. The van der Waals surface area contributed by atoms with E-state index in [1.807, 2.05) is 78.0 Å². The zero-order valence-corrected chi connectivity index (χ0v) is 37.3. The lowest BCUT2D eigenvalue weighted by Crippen LogP contribution is -2.47. The first-order valence-electron chi connectivity index (χ1n) is 23.1. The van der Waals surface area contributed by atoms with Crippen molar-refractivity contribution in [1.29, 1.82) is 0 Å². The number of rotatable bonds is 11. The summed E-state index contributed by atoms with van der Waals surface area (Å²) >= 11 is 0. The number of imidazole rings is 2. The number of hydrogen-bond donors (Lipinski definition) is 4. The summed E-state index contributed by atoms with van der Waals surface area (Å²) in [6.45, 7) is 1.14. The van der Waals surface area contributed by atoms with Crippen molar-refractivity contribution in [2.24, 2.45) is 0 Å². The molecule has 11 rings (SSSR count). The number of methoxy groups -OCH3 is 2. The Morgan fingerprint density at radius 3 is 1.74 bits per heavy atom. The van der Waals surface area contributed by atoms with Gasteiger partial charge in [0.25, 0.3) is 11.8 Å². The smallest absolute Gasteiger partial charge is 0.407 e. The van der Waals surface area contributed by atoms with E-state index in [1.54, 1.807) is 4.90 Å². The third kappa shape index (κ3) is 7.94. The molecule has 4 amide bonds.